The summed E-state index contributed by atoms with van der Waals surface area (Å²) in [6.07, 6.45) is 1.83. The molecule has 7 nitrogen and oxygen atoms in total. The predicted molar refractivity (Wildman–Crippen MR) is 107 cm³/mol. The van der Waals surface area contributed by atoms with Gasteiger partial charge < -0.3 is 15.5 Å². The third kappa shape index (κ3) is 6.50. The topological polar surface area (TPSA) is 83.8 Å². The highest BCUT2D eigenvalue weighted by Crippen LogP contribution is 2.12. The number of nitrogens with one attached hydrogen (secondary N) is 2. The van der Waals surface area contributed by atoms with Crippen molar-refractivity contribution in [3.8, 4) is 6.07 Å². The first-order valence-electron chi connectivity index (χ1n) is 9.58. The summed E-state index contributed by atoms with van der Waals surface area (Å²) in [7, 11) is 3.54. The number of rotatable bonds is 6. The van der Waals surface area contributed by atoms with Crippen molar-refractivity contribution in [1.82, 2.24) is 20.4 Å². The van der Waals surface area contributed by atoms with E-state index in [4.69, 9.17) is 5.26 Å². The number of amides is 1. The number of aliphatic imine (C=N–C) groups is 1. The van der Waals surface area contributed by atoms with E-state index in [1.165, 1.54) is 6.07 Å². The summed E-state index contributed by atoms with van der Waals surface area (Å²) in [5.74, 6) is 0.345. The van der Waals surface area contributed by atoms with Crippen LogP contribution in [-0.4, -0.2) is 68.0 Å². The van der Waals surface area contributed by atoms with Crippen molar-refractivity contribution >= 4 is 11.9 Å². The zero-order valence-corrected chi connectivity index (χ0v) is 16.8. The maximum Gasteiger partial charge on any atom is 0.236 e. The summed E-state index contributed by atoms with van der Waals surface area (Å²) < 4.78 is 14.0. The van der Waals surface area contributed by atoms with Gasteiger partial charge in [0.25, 0.3) is 0 Å². The minimum atomic E-state index is -0.419. The van der Waals surface area contributed by atoms with Gasteiger partial charge in [0.2, 0.25) is 5.91 Å². The quantitative estimate of drug-likeness (QED) is 0.567. The van der Waals surface area contributed by atoms with Crippen LogP contribution in [0.4, 0.5) is 4.39 Å². The molecule has 0 atom stereocenters. The molecule has 0 aromatic heterocycles. The molecule has 0 spiro atoms. The molecule has 1 heterocycles. The van der Waals surface area contributed by atoms with E-state index in [1.807, 2.05) is 13.0 Å². The highest BCUT2D eigenvalue weighted by molar-refractivity contribution is 5.80. The Hall–Kier alpha value is -2.66. The molecule has 0 bridgehead atoms. The van der Waals surface area contributed by atoms with E-state index in [1.54, 1.807) is 31.1 Å². The second-order valence-corrected chi connectivity index (χ2v) is 7.10. The lowest BCUT2D eigenvalue weighted by atomic mass is 10.1. The van der Waals surface area contributed by atoms with Gasteiger partial charge in [-0.25, -0.2) is 9.38 Å². The Morgan fingerprint density at radius 1 is 1.39 bits per heavy atom. The van der Waals surface area contributed by atoms with Gasteiger partial charge in [-0.05, 0) is 31.9 Å². The van der Waals surface area contributed by atoms with Crippen LogP contribution < -0.4 is 10.6 Å². The van der Waals surface area contributed by atoms with Crippen LogP contribution in [0.25, 0.3) is 0 Å². The van der Waals surface area contributed by atoms with E-state index in [2.05, 4.69) is 20.5 Å². The molecule has 2 N–H and O–H groups in total. The average molecular weight is 388 g/mol. The molecule has 1 aliphatic rings. The standard InChI is InChI=1S/C20H29FN6O/c1-4-23-20(24-13-16-6-5-15(12-22)11-18(16)21)25-17-7-9-27(10-8-17)14-19(28)26(2)3/h5-6,11,17H,4,7-10,13-14H2,1-3H3,(H2,23,24,25). The van der Waals surface area contributed by atoms with Crippen molar-refractivity contribution in [2.75, 3.05) is 40.3 Å². The average Bonchev–Trinajstić information content (AvgIpc) is 2.68. The Bertz CT molecular complexity index is 735. The number of likely N-dealkylation sites (N-methyl/N-ethyl adjacent to an activating group) is 1. The van der Waals surface area contributed by atoms with E-state index in [0.29, 0.717) is 30.2 Å². The fourth-order valence-corrected chi connectivity index (χ4v) is 2.99. The van der Waals surface area contributed by atoms with Gasteiger partial charge in [0.15, 0.2) is 5.96 Å². The molecule has 1 saturated heterocycles. The molecule has 1 aliphatic heterocycles. The summed E-state index contributed by atoms with van der Waals surface area (Å²) in [4.78, 5) is 20.1. The van der Waals surface area contributed by atoms with Crippen LogP contribution in [0.3, 0.4) is 0 Å². The minimum Gasteiger partial charge on any atom is -0.357 e. The van der Waals surface area contributed by atoms with E-state index in [9.17, 15) is 9.18 Å². The second-order valence-electron chi connectivity index (χ2n) is 7.10. The predicted octanol–water partition coefficient (Wildman–Crippen LogP) is 1.31. The van der Waals surface area contributed by atoms with Crippen LogP contribution in [0.15, 0.2) is 23.2 Å². The number of halogens is 1. The van der Waals surface area contributed by atoms with Crippen LogP contribution in [0.5, 0.6) is 0 Å². The summed E-state index contributed by atoms with van der Waals surface area (Å²) in [5.41, 5.74) is 0.753. The number of guanidine groups is 1. The van der Waals surface area contributed by atoms with Crippen molar-refractivity contribution in [1.29, 1.82) is 5.26 Å². The van der Waals surface area contributed by atoms with Crippen molar-refractivity contribution in [3.05, 3.63) is 35.1 Å². The molecule has 28 heavy (non-hydrogen) atoms. The summed E-state index contributed by atoms with van der Waals surface area (Å²) in [6, 6.07) is 6.61. The van der Waals surface area contributed by atoms with Crippen molar-refractivity contribution in [3.63, 3.8) is 0 Å². The maximum atomic E-state index is 14.0. The zero-order chi connectivity index (χ0) is 20.5. The number of piperidine rings is 1. The van der Waals surface area contributed by atoms with Gasteiger partial charge in [0, 0.05) is 45.3 Å². The van der Waals surface area contributed by atoms with E-state index in [0.717, 1.165) is 25.9 Å². The summed E-state index contributed by atoms with van der Waals surface area (Å²) >= 11 is 0. The number of benzene rings is 1. The Labute approximate surface area is 166 Å². The van der Waals surface area contributed by atoms with Gasteiger partial charge in [-0.1, -0.05) is 6.07 Å². The van der Waals surface area contributed by atoms with E-state index < -0.39 is 5.82 Å². The molecule has 0 radical (unpaired) electrons. The largest absolute Gasteiger partial charge is 0.357 e. The molecule has 152 valence electrons. The number of nitriles is 1. The molecule has 1 amide bonds. The SMILES string of the molecule is CCNC(=NCc1ccc(C#N)cc1F)NC1CCN(CC(=O)N(C)C)CC1. The Kier molecular flexibility index (Phi) is 8.20. The molecular weight excluding hydrogens is 359 g/mol. The van der Waals surface area contributed by atoms with Gasteiger partial charge in [0.05, 0.1) is 24.7 Å². The van der Waals surface area contributed by atoms with E-state index >= 15 is 0 Å². The molecule has 0 saturated carbocycles. The first-order valence-corrected chi connectivity index (χ1v) is 9.58. The molecule has 0 unspecified atom stereocenters. The van der Waals surface area contributed by atoms with Gasteiger partial charge in [0.1, 0.15) is 5.82 Å². The lowest BCUT2D eigenvalue weighted by molar-refractivity contribution is -0.130. The van der Waals surface area contributed by atoms with Crippen molar-refractivity contribution < 1.29 is 9.18 Å². The zero-order valence-electron chi connectivity index (χ0n) is 16.8. The highest BCUT2D eigenvalue weighted by Gasteiger charge is 2.22. The number of carbonyl (C=O) groups is 1. The minimum absolute atomic E-state index is 0.116. The maximum absolute atomic E-state index is 14.0. The first kappa shape index (κ1) is 21.6. The fourth-order valence-electron chi connectivity index (χ4n) is 2.99. The van der Waals surface area contributed by atoms with Gasteiger partial charge in [-0.3, -0.25) is 9.69 Å². The highest BCUT2D eigenvalue weighted by atomic mass is 19.1. The molecular formula is C20H29FN6O. The van der Waals surface area contributed by atoms with Gasteiger partial charge in [-0.15, -0.1) is 0 Å². The second kappa shape index (κ2) is 10.6. The van der Waals surface area contributed by atoms with Crippen molar-refractivity contribution in [2.24, 2.45) is 4.99 Å². The number of likely N-dealkylation sites (tertiary alicyclic amines) is 1. The number of hydrogen-bond donors (Lipinski definition) is 2. The van der Waals surface area contributed by atoms with E-state index in [-0.39, 0.29) is 18.5 Å². The number of carbonyl (C=O) groups excluding carboxylic acids is 1. The smallest absolute Gasteiger partial charge is 0.236 e. The summed E-state index contributed by atoms with van der Waals surface area (Å²) in [5, 5.41) is 15.4. The lowest BCUT2D eigenvalue weighted by Crippen LogP contribution is -2.50. The van der Waals surface area contributed by atoms with Crippen molar-refractivity contribution in [2.45, 2.75) is 32.4 Å². The molecule has 2 rings (SSSR count). The Balaban J connectivity index is 1.90. The van der Waals surface area contributed by atoms with Crippen LogP contribution in [0.2, 0.25) is 0 Å². The van der Waals surface area contributed by atoms with Crippen LogP contribution in [0.1, 0.15) is 30.9 Å². The number of nitrogens with zero attached hydrogens (tertiary/aromatic N) is 4. The molecule has 0 aliphatic carbocycles. The number of hydrogen-bond acceptors (Lipinski definition) is 4. The van der Waals surface area contributed by atoms with Crippen LogP contribution in [-0.2, 0) is 11.3 Å². The third-order valence-electron chi connectivity index (χ3n) is 4.72. The normalized spacial score (nSPS) is 15.8. The van der Waals surface area contributed by atoms with Gasteiger partial charge in [-0.2, -0.15) is 5.26 Å². The van der Waals surface area contributed by atoms with Crippen LogP contribution in [0, 0.1) is 17.1 Å². The lowest BCUT2D eigenvalue weighted by Gasteiger charge is -2.33. The Morgan fingerprint density at radius 2 is 2.11 bits per heavy atom. The third-order valence-corrected chi connectivity index (χ3v) is 4.72. The monoisotopic (exact) mass is 388 g/mol. The molecule has 8 heteroatoms. The molecule has 1 aromatic carbocycles. The molecule has 1 aromatic rings. The molecule has 1 fully saturated rings. The Morgan fingerprint density at radius 3 is 2.68 bits per heavy atom. The van der Waals surface area contributed by atoms with Crippen LogP contribution >= 0.6 is 0 Å². The van der Waals surface area contributed by atoms with Gasteiger partial charge >= 0.3 is 0 Å². The summed E-state index contributed by atoms with van der Waals surface area (Å²) in [6.45, 7) is 5.03. The first-order chi connectivity index (χ1) is 13.4. The fraction of sp³-hybridized carbons (Fsp3) is 0.550.